The fourth-order valence-electron chi connectivity index (χ4n) is 0.551. The molecule has 0 fully saturated rings. The van der Waals surface area contributed by atoms with Crippen LogP contribution >= 0.6 is 0 Å². The van der Waals surface area contributed by atoms with Crippen molar-refractivity contribution in [2.45, 2.75) is 13.1 Å². The van der Waals surface area contributed by atoms with E-state index in [9.17, 15) is 13.2 Å². The zero-order chi connectivity index (χ0) is 8.91. The molecule has 0 atom stereocenters. The van der Waals surface area contributed by atoms with Gasteiger partial charge < -0.3 is 0 Å². The third kappa shape index (κ3) is 3.65. The van der Waals surface area contributed by atoms with Crippen molar-refractivity contribution in [1.82, 2.24) is 0 Å². The van der Waals surface area contributed by atoms with Crippen LogP contribution in [0, 0.1) is 0 Å². The molecule has 0 N–H and O–H groups in total. The van der Waals surface area contributed by atoms with E-state index < -0.39 is 11.7 Å². The fraction of sp³-hybridized carbons (Fsp3) is 0.250. The zero-order valence-electron chi connectivity index (χ0n) is 6.15. The Morgan fingerprint density at radius 2 is 1.91 bits per heavy atom. The maximum Gasteiger partial charge on any atom is 0.416 e. The maximum absolute atomic E-state index is 11.9. The van der Waals surface area contributed by atoms with Crippen molar-refractivity contribution in [3.8, 4) is 0 Å². The van der Waals surface area contributed by atoms with E-state index in [0.29, 0.717) is 0 Å². The van der Waals surface area contributed by atoms with Gasteiger partial charge in [0.15, 0.2) is 0 Å². The maximum atomic E-state index is 11.9. The van der Waals surface area contributed by atoms with Crippen molar-refractivity contribution in [2.75, 3.05) is 0 Å². The smallest absolute Gasteiger partial charge is 0.166 e. The lowest BCUT2D eigenvalue weighted by molar-refractivity contribution is -0.0881. The number of hydrogen-bond donors (Lipinski definition) is 0. The predicted octanol–water partition coefficient (Wildman–Crippen LogP) is 3.24. The molecule has 62 valence electrons. The minimum Gasteiger partial charge on any atom is -0.166 e. The molecule has 0 saturated carbocycles. The normalized spacial score (nSPS) is 14.0. The highest BCUT2D eigenvalue weighted by Crippen LogP contribution is 2.26. The number of rotatable bonds is 2. The summed E-state index contributed by atoms with van der Waals surface area (Å²) in [5.74, 6) is 0. The lowest BCUT2D eigenvalue weighted by atomic mass is 10.2. The number of halogens is 3. The standard InChI is InChI=1S/C8H9F3/c1-3-5-7(6-4-2)8(9,10)11/h3-6H,1H2,2H3/b6-4-,7-5+. The molecule has 0 aromatic carbocycles. The summed E-state index contributed by atoms with van der Waals surface area (Å²) in [6.45, 7) is 4.72. The molecule has 0 aliphatic heterocycles. The zero-order valence-corrected chi connectivity index (χ0v) is 6.15. The number of alkyl halides is 3. The van der Waals surface area contributed by atoms with E-state index >= 15 is 0 Å². The Hall–Kier alpha value is -0.990. The van der Waals surface area contributed by atoms with Gasteiger partial charge >= 0.3 is 6.18 Å². The first-order valence-electron chi connectivity index (χ1n) is 3.05. The predicted molar refractivity (Wildman–Crippen MR) is 39.1 cm³/mol. The summed E-state index contributed by atoms with van der Waals surface area (Å²) in [5, 5.41) is 0. The van der Waals surface area contributed by atoms with Gasteiger partial charge in [0, 0.05) is 0 Å². The third-order valence-corrected chi connectivity index (χ3v) is 0.971. The Bertz CT molecular complexity index is 184. The fourth-order valence-corrected chi connectivity index (χ4v) is 0.551. The highest BCUT2D eigenvalue weighted by atomic mass is 19.4. The molecular formula is C8H9F3. The van der Waals surface area contributed by atoms with Crippen molar-refractivity contribution >= 4 is 0 Å². The van der Waals surface area contributed by atoms with E-state index in [-0.39, 0.29) is 0 Å². The van der Waals surface area contributed by atoms with E-state index in [1.54, 1.807) is 0 Å². The molecule has 0 unspecified atom stereocenters. The molecule has 3 heteroatoms. The first kappa shape index (κ1) is 10.0. The molecule has 0 amide bonds. The quantitative estimate of drug-likeness (QED) is 0.547. The molecule has 0 bridgehead atoms. The molecule has 0 saturated heterocycles. The van der Waals surface area contributed by atoms with Crippen LogP contribution < -0.4 is 0 Å². The number of hydrogen-bond acceptors (Lipinski definition) is 0. The van der Waals surface area contributed by atoms with Crippen LogP contribution in [-0.2, 0) is 0 Å². The van der Waals surface area contributed by atoms with Gasteiger partial charge in [0.2, 0.25) is 0 Å². The highest BCUT2D eigenvalue weighted by Gasteiger charge is 2.30. The van der Waals surface area contributed by atoms with Crippen LogP contribution in [0.3, 0.4) is 0 Å². The molecule has 0 nitrogen and oxygen atoms in total. The molecule has 0 rings (SSSR count). The molecule has 0 aromatic heterocycles. The van der Waals surface area contributed by atoms with Gasteiger partial charge in [-0.25, -0.2) is 0 Å². The van der Waals surface area contributed by atoms with Crippen LogP contribution in [0.15, 0.2) is 36.5 Å². The van der Waals surface area contributed by atoms with Crippen LogP contribution in [0.1, 0.15) is 6.92 Å². The monoisotopic (exact) mass is 162 g/mol. The second-order valence-corrected chi connectivity index (χ2v) is 1.86. The summed E-state index contributed by atoms with van der Waals surface area (Å²) in [5.41, 5.74) is -0.685. The molecule has 0 spiro atoms. The third-order valence-electron chi connectivity index (χ3n) is 0.971. The van der Waals surface area contributed by atoms with E-state index in [1.165, 1.54) is 13.0 Å². The van der Waals surface area contributed by atoms with E-state index in [1.807, 2.05) is 0 Å². The second kappa shape index (κ2) is 4.01. The Balaban J connectivity index is 4.61. The van der Waals surface area contributed by atoms with Crippen molar-refractivity contribution in [1.29, 1.82) is 0 Å². The Kier molecular flexibility index (Phi) is 3.65. The Morgan fingerprint density at radius 1 is 1.36 bits per heavy atom. The van der Waals surface area contributed by atoms with Gasteiger partial charge in [-0.05, 0) is 6.92 Å². The summed E-state index contributed by atoms with van der Waals surface area (Å²) in [6, 6.07) is 0. The SMILES string of the molecule is C=C/C=C(\C=C/C)C(F)(F)F. The average Bonchev–Trinajstić information content (AvgIpc) is 1.85. The van der Waals surface area contributed by atoms with Gasteiger partial charge in [-0.15, -0.1) is 0 Å². The van der Waals surface area contributed by atoms with Crippen molar-refractivity contribution in [2.24, 2.45) is 0 Å². The average molecular weight is 162 g/mol. The summed E-state index contributed by atoms with van der Waals surface area (Å²) in [7, 11) is 0. The molecule has 11 heavy (non-hydrogen) atoms. The van der Waals surface area contributed by atoms with Crippen LogP contribution in [0.25, 0.3) is 0 Å². The van der Waals surface area contributed by atoms with E-state index in [0.717, 1.165) is 18.2 Å². The van der Waals surface area contributed by atoms with Gasteiger partial charge in [0.1, 0.15) is 0 Å². The van der Waals surface area contributed by atoms with Crippen LogP contribution in [0.2, 0.25) is 0 Å². The van der Waals surface area contributed by atoms with Gasteiger partial charge in [-0.1, -0.05) is 30.9 Å². The molecule has 0 radical (unpaired) electrons. The van der Waals surface area contributed by atoms with Gasteiger partial charge in [0.05, 0.1) is 5.57 Å². The lowest BCUT2D eigenvalue weighted by Crippen LogP contribution is -2.09. The highest BCUT2D eigenvalue weighted by molar-refractivity contribution is 5.26. The van der Waals surface area contributed by atoms with E-state index in [2.05, 4.69) is 6.58 Å². The molecule has 0 aliphatic rings. The minimum atomic E-state index is -4.28. The summed E-state index contributed by atoms with van der Waals surface area (Å²) in [6.07, 6.45) is 0.105. The largest absolute Gasteiger partial charge is 0.416 e. The molecule has 0 aromatic rings. The number of allylic oxidation sites excluding steroid dienone is 5. The second-order valence-electron chi connectivity index (χ2n) is 1.86. The van der Waals surface area contributed by atoms with Crippen LogP contribution in [0.5, 0.6) is 0 Å². The first-order valence-corrected chi connectivity index (χ1v) is 3.05. The summed E-state index contributed by atoms with van der Waals surface area (Å²) < 4.78 is 35.8. The molecular weight excluding hydrogens is 153 g/mol. The van der Waals surface area contributed by atoms with Gasteiger partial charge in [-0.2, -0.15) is 13.2 Å². The van der Waals surface area contributed by atoms with Crippen molar-refractivity contribution in [3.63, 3.8) is 0 Å². The minimum absolute atomic E-state index is 0.685. The summed E-state index contributed by atoms with van der Waals surface area (Å²) in [4.78, 5) is 0. The van der Waals surface area contributed by atoms with Crippen molar-refractivity contribution in [3.05, 3.63) is 36.5 Å². The Morgan fingerprint density at radius 3 is 2.18 bits per heavy atom. The van der Waals surface area contributed by atoms with E-state index in [4.69, 9.17) is 0 Å². The van der Waals surface area contributed by atoms with Crippen LogP contribution in [0.4, 0.5) is 13.2 Å². The Labute approximate surface area is 63.7 Å². The van der Waals surface area contributed by atoms with Gasteiger partial charge in [-0.3, -0.25) is 0 Å². The topological polar surface area (TPSA) is 0 Å². The first-order chi connectivity index (χ1) is 5.02. The molecule has 0 heterocycles. The lowest BCUT2D eigenvalue weighted by Gasteiger charge is -2.05. The molecule has 0 aliphatic carbocycles. The van der Waals surface area contributed by atoms with Crippen molar-refractivity contribution < 1.29 is 13.2 Å². The van der Waals surface area contributed by atoms with Gasteiger partial charge in [0.25, 0.3) is 0 Å². The summed E-state index contributed by atoms with van der Waals surface area (Å²) >= 11 is 0. The van der Waals surface area contributed by atoms with Crippen LogP contribution in [-0.4, -0.2) is 6.18 Å².